The number of nitrogens with one attached hydrogen (secondary N) is 2. The molecule has 1 aliphatic heterocycles. The first-order chi connectivity index (χ1) is 12.4. The van der Waals surface area contributed by atoms with E-state index in [1.807, 2.05) is 0 Å². The SMILES string of the molecule is CN(c1cccc(Cl)c1)S(=O)(=O)c1cccc(C(=O)NC2CCNC2)c1.Cl. The van der Waals surface area contributed by atoms with Gasteiger partial charge in [0.1, 0.15) is 0 Å². The zero-order valence-corrected chi connectivity index (χ0v) is 17.1. The number of benzene rings is 2. The molecule has 0 aromatic heterocycles. The van der Waals surface area contributed by atoms with Gasteiger partial charge in [0.05, 0.1) is 10.6 Å². The highest BCUT2D eigenvalue weighted by Gasteiger charge is 2.23. The quantitative estimate of drug-likeness (QED) is 0.765. The Morgan fingerprint density at radius 2 is 1.96 bits per heavy atom. The maximum atomic E-state index is 12.9. The van der Waals surface area contributed by atoms with Gasteiger partial charge in [-0.15, -0.1) is 12.4 Å². The summed E-state index contributed by atoms with van der Waals surface area (Å²) in [5.41, 5.74) is 0.766. The highest BCUT2D eigenvalue weighted by molar-refractivity contribution is 7.92. The number of nitrogens with zero attached hydrogens (tertiary/aromatic N) is 1. The fourth-order valence-corrected chi connectivity index (χ4v) is 4.23. The average Bonchev–Trinajstić information content (AvgIpc) is 3.14. The molecule has 1 fully saturated rings. The molecule has 27 heavy (non-hydrogen) atoms. The zero-order valence-electron chi connectivity index (χ0n) is 14.7. The summed E-state index contributed by atoms with van der Waals surface area (Å²) in [5.74, 6) is -0.277. The predicted molar refractivity (Wildman–Crippen MR) is 109 cm³/mol. The maximum absolute atomic E-state index is 12.9. The van der Waals surface area contributed by atoms with E-state index in [0.29, 0.717) is 16.3 Å². The lowest BCUT2D eigenvalue weighted by Crippen LogP contribution is -2.36. The summed E-state index contributed by atoms with van der Waals surface area (Å²) in [7, 11) is -2.35. The minimum absolute atomic E-state index is 0. The van der Waals surface area contributed by atoms with Crippen LogP contribution in [0.25, 0.3) is 0 Å². The van der Waals surface area contributed by atoms with Crippen molar-refractivity contribution < 1.29 is 13.2 Å². The number of hydrogen-bond acceptors (Lipinski definition) is 4. The Kier molecular flexibility index (Phi) is 7.11. The third-order valence-corrected chi connectivity index (χ3v) is 6.34. The van der Waals surface area contributed by atoms with Crippen molar-refractivity contribution in [3.05, 3.63) is 59.1 Å². The van der Waals surface area contributed by atoms with Gasteiger partial charge in [-0.05, 0) is 49.4 Å². The molecule has 2 N–H and O–H groups in total. The molecule has 2 aromatic carbocycles. The monoisotopic (exact) mass is 429 g/mol. The molecule has 0 spiro atoms. The van der Waals surface area contributed by atoms with Gasteiger partial charge in [-0.1, -0.05) is 23.7 Å². The molecule has 0 aliphatic carbocycles. The van der Waals surface area contributed by atoms with Gasteiger partial charge in [-0.2, -0.15) is 0 Å². The minimum atomic E-state index is -3.81. The first-order valence-corrected chi connectivity index (χ1v) is 10.1. The van der Waals surface area contributed by atoms with Gasteiger partial charge in [-0.25, -0.2) is 8.42 Å². The van der Waals surface area contributed by atoms with Gasteiger partial charge in [0.15, 0.2) is 0 Å². The van der Waals surface area contributed by atoms with E-state index in [0.717, 1.165) is 23.8 Å². The van der Waals surface area contributed by atoms with Crippen LogP contribution in [0.4, 0.5) is 5.69 Å². The number of amides is 1. The van der Waals surface area contributed by atoms with Crippen LogP contribution in [-0.4, -0.2) is 40.5 Å². The summed E-state index contributed by atoms with van der Waals surface area (Å²) >= 11 is 5.95. The third kappa shape index (κ3) is 4.93. The van der Waals surface area contributed by atoms with E-state index in [2.05, 4.69) is 10.6 Å². The van der Waals surface area contributed by atoms with Crippen molar-refractivity contribution >= 4 is 45.6 Å². The molecule has 0 bridgehead atoms. The normalized spacial score (nSPS) is 16.4. The lowest BCUT2D eigenvalue weighted by Gasteiger charge is -2.20. The maximum Gasteiger partial charge on any atom is 0.264 e. The van der Waals surface area contributed by atoms with E-state index in [-0.39, 0.29) is 29.3 Å². The summed E-state index contributed by atoms with van der Waals surface area (Å²) < 4.78 is 27.0. The van der Waals surface area contributed by atoms with Gasteiger partial charge in [0, 0.05) is 30.2 Å². The Morgan fingerprint density at radius 3 is 2.63 bits per heavy atom. The zero-order chi connectivity index (χ0) is 18.7. The van der Waals surface area contributed by atoms with Crippen LogP contribution in [-0.2, 0) is 10.0 Å². The smallest absolute Gasteiger partial charge is 0.264 e. The van der Waals surface area contributed by atoms with Crippen molar-refractivity contribution in [1.82, 2.24) is 10.6 Å². The molecule has 1 amide bonds. The van der Waals surface area contributed by atoms with Crippen molar-refractivity contribution in [2.45, 2.75) is 17.4 Å². The van der Waals surface area contributed by atoms with Crippen molar-refractivity contribution in [3.8, 4) is 0 Å². The molecule has 0 radical (unpaired) electrons. The van der Waals surface area contributed by atoms with Crippen molar-refractivity contribution in [2.24, 2.45) is 0 Å². The first kappa shape index (κ1) is 21.5. The summed E-state index contributed by atoms with van der Waals surface area (Å²) in [5, 5.41) is 6.54. The van der Waals surface area contributed by atoms with Crippen LogP contribution in [0, 0.1) is 0 Å². The van der Waals surface area contributed by atoms with Gasteiger partial charge >= 0.3 is 0 Å². The molecular formula is C18H21Cl2N3O3S. The van der Waals surface area contributed by atoms with E-state index < -0.39 is 10.0 Å². The van der Waals surface area contributed by atoms with E-state index in [1.165, 1.54) is 19.2 Å². The Labute approximate surface area is 170 Å². The standard InChI is InChI=1S/C18H20ClN3O3S.ClH/c1-22(16-6-3-5-14(19)11-16)26(24,25)17-7-2-4-13(10-17)18(23)21-15-8-9-20-12-15;/h2-7,10-11,15,20H,8-9,12H2,1H3,(H,21,23);1H. The largest absolute Gasteiger partial charge is 0.348 e. The van der Waals surface area contributed by atoms with Crippen LogP contribution in [0.15, 0.2) is 53.4 Å². The molecule has 1 atom stereocenters. The molecule has 1 saturated heterocycles. The highest BCUT2D eigenvalue weighted by Crippen LogP contribution is 2.25. The van der Waals surface area contributed by atoms with Crippen LogP contribution in [0.5, 0.6) is 0 Å². The lowest BCUT2D eigenvalue weighted by atomic mass is 10.2. The highest BCUT2D eigenvalue weighted by atomic mass is 35.5. The number of anilines is 1. The second kappa shape index (κ2) is 8.93. The van der Waals surface area contributed by atoms with Crippen LogP contribution in [0.1, 0.15) is 16.8 Å². The Balaban J connectivity index is 0.00000261. The molecule has 1 heterocycles. The van der Waals surface area contributed by atoms with Crippen molar-refractivity contribution in [3.63, 3.8) is 0 Å². The number of halogens is 2. The van der Waals surface area contributed by atoms with Crippen molar-refractivity contribution in [2.75, 3.05) is 24.4 Å². The topological polar surface area (TPSA) is 78.5 Å². The van der Waals surface area contributed by atoms with Crippen LogP contribution >= 0.6 is 24.0 Å². The second-order valence-electron chi connectivity index (χ2n) is 6.14. The molecule has 9 heteroatoms. The number of sulfonamides is 1. The predicted octanol–water partition coefficient (Wildman–Crippen LogP) is 2.68. The number of rotatable bonds is 5. The van der Waals surface area contributed by atoms with Crippen molar-refractivity contribution in [1.29, 1.82) is 0 Å². The molecule has 6 nitrogen and oxygen atoms in total. The molecule has 3 rings (SSSR count). The molecule has 1 aliphatic rings. The molecule has 2 aromatic rings. The van der Waals surface area contributed by atoms with Gasteiger partial charge in [0.2, 0.25) is 0 Å². The second-order valence-corrected chi connectivity index (χ2v) is 8.55. The molecule has 0 saturated carbocycles. The Hall–Kier alpha value is -1.80. The Bertz CT molecular complexity index is 916. The Morgan fingerprint density at radius 1 is 1.22 bits per heavy atom. The summed E-state index contributed by atoms with van der Waals surface area (Å²) in [6.45, 7) is 1.59. The van der Waals surface area contributed by atoms with Crippen LogP contribution in [0.2, 0.25) is 5.02 Å². The number of carbonyl (C=O) groups is 1. The van der Waals surface area contributed by atoms with Crippen LogP contribution in [0.3, 0.4) is 0 Å². The fraction of sp³-hybridized carbons (Fsp3) is 0.278. The van der Waals surface area contributed by atoms with E-state index in [4.69, 9.17) is 11.6 Å². The lowest BCUT2D eigenvalue weighted by molar-refractivity contribution is 0.0940. The first-order valence-electron chi connectivity index (χ1n) is 8.24. The molecular weight excluding hydrogens is 409 g/mol. The fourth-order valence-electron chi connectivity index (χ4n) is 2.81. The van der Waals surface area contributed by atoms with Gasteiger partial charge in [-0.3, -0.25) is 9.10 Å². The summed E-state index contributed by atoms with van der Waals surface area (Å²) in [4.78, 5) is 12.5. The van der Waals surface area contributed by atoms with Gasteiger partial charge in [0.25, 0.3) is 15.9 Å². The third-order valence-electron chi connectivity index (χ3n) is 4.32. The van der Waals surface area contributed by atoms with E-state index >= 15 is 0 Å². The van der Waals surface area contributed by atoms with E-state index in [9.17, 15) is 13.2 Å². The minimum Gasteiger partial charge on any atom is -0.348 e. The van der Waals surface area contributed by atoms with Crippen LogP contribution < -0.4 is 14.9 Å². The molecule has 146 valence electrons. The number of carbonyl (C=O) groups excluding carboxylic acids is 1. The average molecular weight is 430 g/mol. The molecule has 1 unspecified atom stereocenters. The summed E-state index contributed by atoms with van der Waals surface area (Å²) in [6, 6.07) is 12.7. The summed E-state index contributed by atoms with van der Waals surface area (Å²) in [6.07, 6.45) is 0.862. The van der Waals surface area contributed by atoms with E-state index in [1.54, 1.807) is 36.4 Å². The number of hydrogen-bond donors (Lipinski definition) is 2. The van der Waals surface area contributed by atoms with Gasteiger partial charge < -0.3 is 10.6 Å².